The molecule has 0 spiro atoms. The van der Waals surface area contributed by atoms with Gasteiger partial charge in [-0.15, -0.1) is 0 Å². The molecule has 2 N–H and O–H groups in total. The van der Waals surface area contributed by atoms with Crippen LogP contribution in [0.25, 0.3) is 0 Å². The Hall–Kier alpha value is -0.930. The summed E-state index contributed by atoms with van der Waals surface area (Å²) in [7, 11) is -10.7. The largest absolute Gasteiger partial charge is 1.00 e. The van der Waals surface area contributed by atoms with Gasteiger partial charge in [0, 0.05) is 0 Å². The topological polar surface area (TPSA) is 252 Å². The van der Waals surface area contributed by atoms with Crippen molar-refractivity contribution in [1.29, 1.82) is 0 Å². The predicted octanol–water partition coefficient (Wildman–Crippen LogP) is -9.53. The number of carbonyl (C=O) groups is 2. The predicted molar refractivity (Wildman–Crippen MR) is 101 cm³/mol. The third kappa shape index (κ3) is 7.79. The number of azo groups is 1. The number of carboxylic acids is 1. The first-order valence-electron chi connectivity index (χ1n) is 8.32. The molecule has 174 valence electrons. The number of hydrazone groups is 1. The Balaban J connectivity index is 0.00000408. The summed E-state index contributed by atoms with van der Waals surface area (Å²) in [5.74, 6) is -4.58. The summed E-state index contributed by atoms with van der Waals surface area (Å²) in [6.07, 6.45) is 0.911. The van der Waals surface area contributed by atoms with E-state index in [2.05, 4.69) is 15.3 Å². The van der Waals surface area contributed by atoms with E-state index in [1.165, 1.54) is 0 Å². The van der Waals surface area contributed by atoms with Crippen LogP contribution in [0.5, 0.6) is 11.5 Å². The zero-order valence-corrected chi connectivity index (χ0v) is 26.3. The number of benzene rings is 2. The molecule has 1 heterocycles. The molecule has 20 heteroatoms. The smallest absolute Gasteiger partial charge is 0.872 e. The van der Waals surface area contributed by atoms with E-state index in [0.717, 1.165) is 24.4 Å². The van der Waals surface area contributed by atoms with Crippen LogP contribution in [0.4, 0.5) is 11.4 Å². The van der Waals surface area contributed by atoms with Crippen LogP contribution in [0.1, 0.15) is 10.4 Å². The molecule has 1 aliphatic heterocycles. The van der Waals surface area contributed by atoms with E-state index in [4.69, 9.17) is 5.11 Å². The van der Waals surface area contributed by atoms with Crippen molar-refractivity contribution < 1.29 is 140 Å². The summed E-state index contributed by atoms with van der Waals surface area (Å²) in [5.41, 5.74) is -1.65. The van der Waals surface area contributed by atoms with E-state index in [9.17, 15) is 45.7 Å². The average Bonchev–Trinajstić information content (AvgIpc) is 3.06. The zero-order chi connectivity index (χ0) is 24.7. The number of hydrogen-bond donors (Lipinski definition) is 2. The summed E-state index contributed by atoms with van der Waals surface area (Å²) >= 11 is 0. The molecule has 2 aromatic rings. The number of aromatic carboxylic acids is 1. The van der Waals surface area contributed by atoms with Crippen molar-refractivity contribution in [2.24, 2.45) is 15.3 Å². The molecule has 3 rings (SSSR count). The van der Waals surface area contributed by atoms with E-state index >= 15 is 0 Å². The van der Waals surface area contributed by atoms with Gasteiger partial charge in [-0.3, -0.25) is 4.79 Å². The van der Waals surface area contributed by atoms with E-state index in [1.807, 2.05) is 0 Å². The summed E-state index contributed by atoms with van der Waals surface area (Å²) in [4.78, 5) is 20.9. The fraction of sp³-hybridized carbons (Fsp3) is 0.0625. The van der Waals surface area contributed by atoms with Crippen LogP contribution in [0.15, 0.2) is 55.5 Å². The number of phenolic OH excluding ortho intramolecular Hbond substituents is 1. The first kappa shape index (κ1) is 35.1. The van der Waals surface area contributed by atoms with Crippen molar-refractivity contribution in [3.63, 3.8) is 0 Å². The fourth-order valence-electron chi connectivity index (χ4n) is 2.57. The van der Waals surface area contributed by atoms with Gasteiger partial charge in [0.25, 0.3) is 5.91 Å². The second kappa shape index (κ2) is 13.2. The van der Waals surface area contributed by atoms with Crippen molar-refractivity contribution in [3.05, 3.63) is 35.9 Å². The van der Waals surface area contributed by atoms with Crippen LogP contribution in [-0.4, -0.2) is 60.3 Å². The van der Waals surface area contributed by atoms with Crippen LogP contribution < -0.4 is 98.8 Å². The minimum atomic E-state index is -5.43. The molecule has 1 amide bonds. The van der Waals surface area contributed by atoms with Crippen molar-refractivity contribution in [2.45, 2.75) is 15.8 Å². The molecular formula is C16H9N4Na3O11S2. The maximum absolute atomic E-state index is 12.5. The van der Waals surface area contributed by atoms with E-state index in [-0.39, 0.29) is 100 Å². The normalized spacial score (nSPS) is 15.2. The van der Waals surface area contributed by atoms with Crippen LogP contribution in [0, 0.1) is 0 Å². The van der Waals surface area contributed by atoms with Crippen LogP contribution in [0.3, 0.4) is 0 Å². The van der Waals surface area contributed by atoms with Crippen molar-refractivity contribution >= 4 is 49.7 Å². The van der Waals surface area contributed by atoms with E-state index in [0.29, 0.717) is 11.1 Å². The molecule has 0 saturated carbocycles. The molecule has 2 aromatic carbocycles. The molecule has 0 aromatic heterocycles. The van der Waals surface area contributed by atoms with Gasteiger partial charge in [-0.2, -0.15) is 20.3 Å². The minimum Gasteiger partial charge on any atom is -0.872 e. The number of nitrogens with zero attached hydrogens (tertiary/aromatic N) is 4. The molecule has 0 saturated heterocycles. The Kier molecular flexibility index (Phi) is 12.9. The van der Waals surface area contributed by atoms with Gasteiger partial charge in [0.15, 0.2) is 11.8 Å². The van der Waals surface area contributed by atoms with Gasteiger partial charge < -0.3 is 24.4 Å². The number of hydrogen-bond acceptors (Lipinski definition) is 13. The van der Waals surface area contributed by atoms with Gasteiger partial charge in [0.2, 0.25) is 0 Å². The van der Waals surface area contributed by atoms with Gasteiger partial charge in [0.1, 0.15) is 25.9 Å². The van der Waals surface area contributed by atoms with Gasteiger partial charge in [-0.05, 0) is 24.3 Å². The molecule has 0 fully saturated rings. The Bertz CT molecular complexity index is 1460. The van der Waals surface area contributed by atoms with E-state index < -0.39 is 70.7 Å². The molecule has 0 bridgehead atoms. The van der Waals surface area contributed by atoms with Gasteiger partial charge in [0.05, 0.1) is 27.3 Å². The van der Waals surface area contributed by atoms with Gasteiger partial charge in [-0.1, -0.05) is 11.8 Å². The third-order valence-electron chi connectivity index (χ3n) is 4.10. The zero-order valence-electron chi connectivity index (χ0n) is 18.7. The second-order valence-electron chi connectivity index (χ2n) is 6.26. The van der Waals surface area contributed by atoms with Crippen LogP contribution >= 0.6 is 0 Å². The summed E-state index contributed by atoms with van der Waals surface area (Å²) in [6, 6.07) is 1.99. The number of rotatable bonds is 6. The van der Waals surface area contributed by atoms with Gasteiger partial charge in [-0.25, -0.2) is 21.6 Å². The number of phenols is 1. The molecule has 0 radical (unpaired) electrons. The van der Waals surface area contributed by atoms with Crippen molar-refractivity contribution in [2.75, 3.05) is 5.01 Å². The third-order valence-corrected chi connectivity index (χ3v) is 5.76. The maximum atomic E-state index is 12.5. The summed E-state index contributed by atoms with van der Waals surface area (Å²) < 4.78 is 67.5. The summed E-state index contributed by atoms with van der Waals surface area (Å²) in [5, 5.41) is 41.7. The van der Waals surface area contributed by atoms with Crippen molar-refractivity contribution in [1.82, 2.24) is 0 Å². The molecular weight excluding hydrogens is 557 g/mol. The number of carbonyl (C=O) groups excluding carboxylic acids is 1. The number of aromatic hydroxyl groups is 1. The second-order valence-corrected chi connectivity index (χ2v) is 8.99. The molecule has 1 aliphatic rings. The Morgan fingerprint density at radius 2 is 1.64 bits per heavy atom. The Morgan fingerprint density at radius 1 is 1.03 bits per heavy atom. The first-order valence-corrected chi connectivity index (χ1v) is 11.1. The molecule has 15 nitrogen and oxygen atoms in total. The van der Waals surface area contributed by atoms with E-state index in [1.54, 1.807) is 0 Å². The number of carboxylic acid groups (broad SMARTS) is 1. The fourth-order valence-corrected chi connectivity index (χ4v) is 3.78. The van der Waals surface area contributed by atoms with Crippen LogP contribution in [0.2, 0.25) is 0 Å². The number of amides is 1. The van der Waals surface area contributed by atoms with Crippen LogP contribution in [-0.2, 0) is 25.0 Å². The first-order chi connectivity index (χ1) is 15.2. The molecule has 0 aliphatic carbocycles. The SMILES string of the molecule is O=C(O)c1cc(N2N=CC(N=Nc3cc(S(=O)(=O)[O-])cc(S(=O)(=O)[O-])c3O)C2=O)ccc1[O-].[Na+].[Na+].[Na+]. The maximum Gasteiger partial charge on any atom is 1.00 e. The Morgan fingerprint density at radius 3 is 2.17 bits per heavy atom. The Labute approximate surface area is 269 Å². The average molecular weight is 566 g/mol. The molecule has 1 atom stereocenters. The standard InChI is InChI=1S/C16H12N4O11S2.3Na/c21-12-2-1-7(3-9(12)16(24)25)20-15(23)11(6-17-20)19-18-10-4-8(32(26,27)28)5-13(14(10)22)33(29,30)31;;;/h1-6,11,21-22H,(H,24,25)(H,26,27,28)(H,29,30,31);;;/q;3*+1/p-3. The molecule has 36 heavy (non-hydrogen) atoms. The summed E-state index contributed by atoms with van der Waals surface area (Å²) in [6.45, 7) is 0. The monoisotopic (exact) mass is 566 g/mol. The number of anilines is 1. The minimum absolute atomic E-state index is 0. The van der Waals surface area contributed by atoms with Gasteiger partial charge >= 0.3 is 94.6 Å². The molecule has 1 unspecified atom stereocenters. The quantitative estimate of drug-likeness (QED) is 0.189. The van der Waals surface area contributed by atoms with Crippen molar-refractivity contribution in [3.8, 4) is 11.5 Å².